The number of allylic oxidation sites excluding steroid dienone is 4. The second kappa shape index (κ2) is 9.16. The van der Waals surface area contributed by atoms with Crippen molar-refractivity contribution in [2.24, 2.45) is 0 Å². The van der Waals surface area contributed by atoms with Crippen LogP contribution in [0.5, 0.6) is 5.88 Å². The van der Waals surface area contributed by atoms with Gasteiger partial charge < -0.3 is 14.5 Å². The van der Waals surface area contributed by atoms with Gasteiger partial charge in [-0.15, -0.1) is 0 Å². The van der Waals surface area contributed by atoms with E-state index in [-0.39, 0.29) is 0 Å². The molecule has 0 amide bonds. The van der Waals surface area contributed by atoms with Gasteiger partial charge in [0, 0.05) is 44.4 Å². The maximum Gasteiger partial charge on any atom is 0.213 e. The molecule has 1 aromatic rings. The number of piperazine rings is 1. The fraction of sp³-hybridized carbons (Fsp3) is 0.571. The molecule has 0 radical (unpaired) electrons. The Bertz CT molecular complexity index is 603. The van der Waals surface area contributed by atoms with Crippen LogP contribution in [0.3, 0.4) is 0 Å². The van der Waals surface area contributed by atoms with Crippen LogP contribution in [0.4, 0.5) is 0 Å². The van der Waals surface area contributed by atoms with E-state index in [1.165, 1.54) is 50.3 Å². The van der Waals surface area contributed by atoms with Gasteiger partial charge in [-0.3, -0.25) is 0 Å². The van der Waals surface area contributed by atoms with Crippen LogP contribution in [0.15, 0.2) is 42.1 Å². The Morgan fingerprint density at radius 1 is 1.20 bits per heavy atom. The van der Waals surface area contributed by atoms with Crippen LogP contribution in [0, 0.1) is 0 Å². The van der Waals surface area contributed by atoms with Crippen LogP contribution in [0.25, 0.3) is 0 Å². The highest BCUT2D eigenvalue weighted by molar-refractivity contribution is 5.34. The molecule has 4 heteroatoms. The zero-order valence-corrected chi connectivity index (χ0v) is 15.7. The quantitative estimate of drug-likeness (QED) is 0.710. The molecular weight excluding hydrogens is 310 g/mol. The molecule has 25 heavy (non-hydrogen) atoms. The van der Waals surface area contributed by atoms with Crippen molar-refractivity contribution in [3.8, 4) is 5.88 Å². The minimum atomic E-state index is 0.451. The standard InChI is InChI=1S/C21H31N3O/c1-18-6-5-7-19(16-18)20-8-9-22-21(17-20)25-15-4-3-10-24-13-11-23(2)12-14-24/h5-6,8-9,16-17,19H,3-4,7,10-15H2,1-2H3. The van der Waals surface area contributed by atoms with Crippen LogP contribution in [-0.4, -0.2) is 61.2 Å². The summed E-state index contributed by atoms with van der Waals surface area (Å²) in [5.74, 6) is 1.21. The minimum Gasteiger partial charge on any atom is -0.478 e. The first-order valence-electron chi connectivity index (χ1n) is 9.55. The van der Waals surface area contributed by atoms with Crippen LogP contribution < -0.4 is 4.74 Å². The number of rotatable bonds is 7. The van der Waals surface area contributed by atoms with Crippen molar-refractivity contribution in [3.05, 3.63) is 47.7 Å². The number of nitrogens with zero attached hydrogens (tertiary/aromatic N) is 3. The third-order valence-corrected chi connectivity index (χ3v) is 5.14. The van der Waals surface area contributed by atoms with E-state index >= 15 is 0 Å². The van der Waals surface area contributed by atoms with Gasteiger partial charge in [-0.1, -0.05) is 23.8 Å². The van der Waals surface area contributed by atoms with Gasteiger partial charge >= 0.3 is 0 Å². The number of likely N-dealkylation sites (N-methyl/N-ethyl adjacent to an activating group) is 1. The molecule has 1 atom stereocenters. The third-order valence-electron chi connectivity index (χ3n) is 5.14. The largest absolute Gasteiger partial charge is 0.478 e. The topological polar surface area (TPSA) is 28.6 Å². The van der Waals surface area contributed by atoms with E-state index in [9.17, 15) is 0 Å². The minimum absolute atomic E-state index is 0.451. The van der Waals surface area contributed by atoms with Gasteiger partial charge in [0.1, 0.15) is 0 Å². The highest BCUT2D eigenvalue weighted by Gasteiger charge is 2.13. The smallest absolute Gasteiger partial charge is 0.213 e. The van der Waals surface area contributed by atoms with Crippen molar-refractivity contribution in [2.75, 3.05) is 46.4 Å². The maximum absolute atomic E-state index is 5.89. The molecule has 0 aromatic carbocycles. The van der Waals surface area contributed by atoms with Gasteiger partial charge in [0.05, 0.1) is 6.61 Å². The summed E-state index contributed by atoms with van der Waals surface area (Å²) in [4.78, 5) is 9.33. The Hall–Kier alpha value is -1.65. The summed E-state index contributed by atoms with van der Waals surface area (Å²) in [7, 11) is 2.20. The van der Waals surface area contributed by atoms with Gasteiger partial charge in [0.15, 0.2) is 0 Å². The third kappa shape index (κ3) is 5.68. The van der Waals surface area contributed by atoms with E-state index in [1.54, 1.807) is 0 Å². The van der Waals surface area contributed by atoms with Crippen LogP contribution in [-0.2, 0) is 0 Å². The predicted molar refractivity (Wildman–Crippen MR) is 103 cm³/mol. The first-order chi connectivity index (χ1) is 12.2. The molecule has 1 saturated heterocycles. The van der Waals surface area contributed by atoms with Gasteiger partial charge in [-0.05, 0) is 51.4 Å². The molecule has 2 aliphatic rings. The molecule has 0 bridgehead atoms. The first-order valence-corrected chi connectivity index (χ1v) is 9.55. The fourth-order valence-electron chi connectivity index (χ4n) is 3.49. The van der Waals surface area contributed by atoms with Crippen LogP contribution in [0.2, 0.25) is 0 Å². The van der Waals surface area contributed by atoms with E-state index in [4.69, 9.17) is 4.74 Å². The van der Waals surface area contributed by atoms with Crippen molar-refractivity contribution in [1.82, 2.24) is 14.8 Å². The molecule has 0 spiro atoms. The zero-order valence-electron chi connectivity index (χ0n) is 15.7. The molecule has 1 aliphatic heterocycles. The lowest BCUT2D eigenvalue weighted by atomic mass is 9.91. The number of ether oxygens (including phenoxy) is 1. The number of hydrogen-bond acceptors (Lipinski definition) is 4. The average Bonchev–Trinajstić information content (AvgIpc) is 2.63. The van der Waals surface area contributed by atoms with Crippen molar-refractivity contribution in [3.63, 3.8) is 0 Å². The van der Waals surface area contributed by atoms with E-state index in [1.807, 2.05) is 6.20 Å². The van der Waals surface area contributed by atoms with Crippen molar-refractivity contribution < 1.29 is 4.74 Å². The predicted octanol–water partition coefficient (Wildman–Crippen LogP) is 3.48. The normalized spacial score (nSPS) is 22.0. The van der Waals surface area contributed by atoms with Crippen LogP contribution in [0.1, 0.15) is 37.7 Å². The molecule has 4 nitrogen and oxygen atoms in total. The van der Waals surface area contributed by atoms with E-state index in [0.29, 0.717) is 5.92 Å². The van der Waals surface area contributed by atoms with Gasteiger partial charge in [-0.2, -0.15) is 0 Å². The number of aromatic nitrogens is 1. The van der Waals surface area contributed by atoms with Crippen LogP contribution >= 0.6 is 0 Å². The van der Waals surface area contributed by atoms with Gasteiger partial charge in [0.25, 0.3) is 0 Å². The van der Waals surface area contributed by atoms with E-state index < -0.39 is 0 Å². The average molecular weight is 341 g/mol. The first kappa shape index (κ1) is 18.2. The molecule has 0 saturated carbocycles. The van der Waals surface area contributed by atoms with Crippen molar-refractivity contribution in [1.29, 1.82) is 0 Å². The molecular formula is C21H31N3O. The molecule has 2 heterocycles. The molecule has 1 aliphatic carbocycles. The zero-order chi connectivity index (χ0) is 17.5. The fourth-order valence-corrected chi connectivity index (χ4v) is 3.49. The summed E-state index contributed by atoms with van der Waals surface area (Å²) in [6.07, 6.45) is 12.0. The van der Waals surface area contributed by atoms with Crippen molar-refractivity contribution in [2.45, 2.75) is 32.1 Å². The Balaban J connectivity index is 1.39. The maximum atomic E-state index is 5.89. The SMILES string of the molecule is CC1=CC(c2ccnc(OCCCCN3CCN(C)CC3)c2)CC=C1. The molecule has 3 rings (SSSR count). The molecule has 0 N–H and O–H groups in total. The summed E-state index contributed by atoms with van der Waals surface area (Å²) in [6, 6.07) is 4.21. The molecule has 1 fully saturated rings. The highest BCUT2D eigenvalue weighted by atomic mass is 16.5. The second-order valence-corrected chi connectivity index (χ2v) is 7.28. The lowest BCUT2D eigenvalue weighted by molar-refractivity contribution is 0.149. The second-order valence-electron chi connectivity index (χ2n) is 7.28. The molecule has 1 unspecified atom stereocenters. The summed E-state index contributed by atoms with van der Waals surface area (Å²) in [6.45, 7) is 8.87. The van der Waals surface area contributed by atoms with E-state index in [2.05, 4.69) is 59.1 Å². The van der Waals surface area contributed by atoms with Gasteiger partial charge in [0.2, 0.25) is 5.88 Å². The summed E-state index contributed by atoms with van der Waals surface area (Å²) >= 11 is 0. The van der Waals surface area contributed by atoms with E-state index in [0.717, 1.165) is 25.3 Å². The summed E-state index contributed by atoms with van der Waals surface area (Å²) in [5, 5.41) is 0. The van der Waals surface area contributed by atoms with Crippen molar-refractivity contribution >= 4 is 0 Å². The molecule has 1 aromatic heterocycles. The summed E-state index contributed by atoms with van der Waals surface area (Å²) < 4.78 is 5.89. The lowest BCUT2D eigenvalue weighted by Crippen LogP contribution is -2.44. The summed E-state index contributed by atoms with van der Waals surface area (Å²) in [5.41, 5.74) is 2.63. The Morgan fingerprint density at radius 3 is 2.84 bits per heavy atom. The lowest BCUT2D eigenvalue weighted by Gasteiger charge is -2.32. The number of pyridine rings is 1. The highest BCUT2D eigenvalue weighted by Crippen LogP contribution is 2.28. The Labute approximate surface area is 152 Å². The molecule has 136 valence electrons. The number of unbranched alkanes of at least 4 members (excludes halogenated alkanes) is 1. The Morgan fingerprint density at radius 2 is 2.04 bits per heavy atom. The number of hydrogen-bond donors (Lipinski definition) is 0. The Kier molecular flexibility index (Phi) is 6.65. The monoisotopic (exact) mass is 341 g/mol. The van der Waals surface area contributed by atoms with Gasteiger partial charge in [-0.25, -0.2) is 4.98 Å².